The van der Waals surface area contributed by atoms with E-state index < -0.39 is 18.1 Å². The van der Waals surface area contributed by atoms with E-state index in [-0.39, 0.29) is 17.6 Å². The van der Waals surface area contributed by atoms with Crippen LogP contribution in [0.3, 0.4) is 0 Å². The Balaban J connectivity index is 0.000000451. The van der Waals surface area contributed by atoms with Gasteiger partial charge in [-0.15, -0.1) is 5.10 Å². The molecule has 1 unspecified atom stereocenters. The van der Waals surface area contributed by atoms with Gasteiger partial charge in [-0.1, -0.05) is 17.3 Å². The smallest absolute Gasteiger partial charge is 0.475 e. The first-order valence-corrected chi connectivity index (χ1v) is 9.19. The van der Waals surface area contributed by atoms with Crippen molar-refractivity contribution in [2.24, 2.45) is 0 Å². The Morgan fingerprint density at radius 1 is 1.34 bits per heavy atom. The molecule has 1 aliphatic heterocycles. The maximum Gasteiger partial charge on any atom is 0.490 e. The van der Waals surface area contributed by atoms with Crippen molar-refractivity contribution in [3.63, 3.8) is 0 Å². The van der Waals surface area contributed by atoms with Crippen LogP contribution in [0.1, 0.15) is 11.3 Å². The van der Waals surface area contributed by atoms with Gasteiger partial charge in [0.15, 0.2) is 5.70 Å². The predicted octanol–water partition coefficient (Wildman–Crippen LogP) is 1.75. The number of carbonyl (C=O) groups excluding carboxylic acids is 1. The van der Waals surface area contributed by atoms with Crippen molar-refractivity contribution in [2.75, 3.05) is 26.8 Å². The molecule has 1 aromatic carbocycles. The largest absolute Gasteiger partial charge is 0.490 e. The average Bonchev–Trinajstić information content (AvgIpc) is 3.21. The van der Waals surface area contributed by atoms with Gasteiger partial charge in [0.1, 0.15) is 5.82 Å². The first kappa shape index (κ1) is 24.9. The lowest BCUT2D eigenvalue weighted by Crippen LogP contribution is -2.39. The standard InChI is InChI=1S/C17H19FN4O3.C2HF3O2/c1-24-17(23)16(8-12-2-4-13(18)5-3-12)22-11-14(20-21-22)9-15-10-19-6-7-25-15;3-2(4,5)1(6)7/h2-5,8,11,15,19H,6-7,9-10H2,1H3;(H,6,7)/b16-8-;. The number of rotatable bonds is 5. The van der Waals surface area contributed by atoms with E-state index in [1.807, 2.05) is 0 Å². The van der Waals surface area contributed by atoms with Gasteiger partial charge in [0.2, 0.25) is 0 Å². The molecule has 174 valence electrons. The summed E-state index contributed by atoms with van der Waals surface area (Å²) in [4.78, 5) is 21.0. The number of carbonyl (C=O) groups is 2. The quantitative estimate of drug-likeness (QED) is 0.394. The molecule has 1 saturated heterocycles. The lowest BCUT2D eigenvalue weighted by atomic mass is 10.2. The van der Waals surface area contributed by atoms with E-state index in [2.05, 4.69) is 15.6 Å². The molecule has 0 bridgehead atoms. The molecule has 1 atom stereocenters. The number of nitrogens with zero attached hydrogens (tertiary/aromatic N) is 3. The van der Waals surface area contributed by atoms with Crippen molar-refractivity contribution in [2.45, 2.75) is 18.7 Å². The number of methoxy groups -OCH3 is 1. The van der Waals surface area contributed by atoms with E-state index in [0.717, 1.165) is 13.1 Å². The van der Waals surface area contributed by atoms with Gasteiger partial charge in [0, 0.05) is 19.5 Å². The van der Waals surface area contributed by atoms with E-state index in [4.69, 9.17) is 19.4 Å². The summed E-state index contributed by atoms with van der Waals surface area (Å²) >= 11 is 0. The number of carboxylic acid groups (broad SMARTS) is 1. The van der Waals surface area contributed by atoms with Crippen LogP contribution in [0.5, 0.6) is 0 Å². The summed E-state index contributed by atoms with van der Waals surface area (Å²) in [6.07, 6.45) is -1.22. The van der Waals surface area contributed by atoms with Crippen LogP contribution in [0.2, 0.25) is 0 Å². The van der Waals surface area contributed by atoms with Crippen LogP contribution in [0.15, 0.2) is 30.5 Å². The minimum Gasteiger partial charge on any atom is -0.475 e. The Kier molecular flexibility index (Phi) is 8.84. The van der Waals surface area contributed by atoms with Gasteiger partial charge in [0.25, 0.3) is 0 Å². The highest BCUT2D eigenvalue weighted by molar-refractivity contribution is 6.15. The number of halogens is 4. The number of hydrogen-bond donors (Lipinski definition) is 2. The molecule has 0 amide bonds. The van der Waals surface area contributed by atoms with Gasteiger partial charge >= 0.3 is 18.1 Å². The molecule has 0 spiro atoms. The van der Waals surface area contributed by atoms with Crippen molar-refractivity contribution in [1.29, 1.82) is 0 Å². The summed E-state index contributed by atoms with van der Waals surface area (Å²) < 4.78 is 56.6. The lowest BCUT2D eigenvalue weighted by Gasteiger charge is -2.22. The summed E-state index contributed by atoms with van der Waals surface area (Å²) in [5.74, 6) is -3.66. The summed E-state index contributed by atoms with van der Waals surface area (Å²) in [6, 6.07) is 5.77. The molecule has 0 aliphatic carbocycles. The lowest BCUT2D eigenvalue weighted by molar-refractivity contribution is -0.192. The second-order valence-electron chi connectivity index (χ2n) is 6.43. The van der Waals surface area contributed by atoms with Gasteiger partial charge in [-0.3, -0.25) is 0 Å². The van der Waals surface area contributed by atoms with Crippen molar-refractivity contribution >= 4 is 23.7 Å². The normalized spacial score (nSPS) is 16.7. The SMILES string of the molecule is COC(=O)/C(=C/c1ccc(F)cc1)n1cc(CC2CNCCO2)nn1.O=C(O)C(F)(F)F. The van der Waals surface area contributed by atoms with Gasteiger partial charge < -0.3 is 19.9 Å². The predicted molar refractivity (Wildman–Crippen MR) is 103 cm³/mol. The third-order valence-corrected chi connectivity index (χ3v) is 4.04. The van der Waals surface area contributed by atoms with E-state index in [0.29, 0.717) is 24.3 Å². The number of aliphatic carboxylic acids is 1. The molecule has 0 saturated carbocycles. The first-order valence-electron chi connectivity index (χ1n) is 9.19. The fourth-order valence-electron chi connectivity index (χ4n) is 2.53. The molecule has 0 radical (unpaired) electrons. The van der Waals surface area contributed by atoms with Crippen LogP contribution in [0.4, 0.5) is 17.6 Å². The second-order valence-corrected chi connectivity index (χ2v) is 6.43. The zero-order valence-corrected chi connectivity index (χ0v) is 16.8. The van der Waals surface area contributed by atoms with Crippen LogP contribution >= 0.6 is 0 Å². The summed E-state index contributed by atoms with van der Waals surface area (Å²) in [7, 11) is 1.29. The molecule has 1 aromatic heterocycles. The van der Waals surface area contributed by atoms with E-state index in [9.17, 15) is 22.4 Å². The fourth-order valence-corrected chi connectivity index (χ4v) is 2.53. The molecular formula is C19H20F4N4O5. The second kappa shape index (κ2) is 11.3. The van der Waals surface area contributed by atoms with Crippen LogP contribution in [-0.4, -0.2) is 71.1 Å². The third kappa shape index (κ3) is 7.74. The number of nitrogens with one attached hydrogen (secondary N) is 1. The number of ether oxygens (including phenoxy) is 2. The molecule has 2 aromatic rings. The number of carboxylic acids is 1. The molecule has 13 heteroatoms. The summed E-state index contributed by atoms with van der Waals surface area (Å²) in [5.41, 5.74) is 1.55. The molecule has 3 rings (SSSR count). The summed E-state index contributed by atoms with van der Waals surface area (Å²) in [6.45, 7) is 2.26. The number of benzene rings is 1. The number of esters is 1. The minimum absolute atomic E-state index is 0.0292. The van der Waals surface area contributed by atoms with E-state index in [1.54, 1.807) is 24.4 Å². The van der Waals surface area contributed by atoms with E-state index in [1.165, 1.54) is 23.9 Å². The zero-order chi connectivity index (χ0) is 23.7. The highest BCUT2D eigenvalue weighted by Gasteiger charge is 2.38. The van der Waals surface area contributed by atoms with Crippen molar-refractivity contribution in [1.82, 2.24) is 20.3 Å². The average molecular weight is 460 g/mol. The van der Waals surface area contributed by atoms with Crippen molar-refractivity contribution in [3.05, 3.63) is 47.5 Å². The monoisotopic (exact) mass is 460 g/mol. The van der Waals surface area contributed by atoms with Gasteiger partial charge in [0.05, 0.1) is 31.7 Å². The van der Waals surface area contributed by atoms with Gasteiger partial charge in [-0.25, -0.2) is 18.7 Å². The van der Waals surface area contributed by atoms with E-state index >= 15 is 0 Å². The maximum absolute atomic E-state index is 13.0. The van der Waals surface area contributed by atoms with Crippen molar-refractivity contribution in [3.8, 4) is 0 Å². The van der Waals surface area contributed by atoms with Crippen LogP contribution in [0.25, 0.3) is 11.8 Å². The Bertz CT molecular complexity index is 938. The molecular weight excluding hydrogens is 440 g/mol. The molecule has 1 fully saturated rings. The topological polar surface area (TPSA) is 116 Å². The van der Waals surface area contributed by atoms with Crippen LogP contribution in [0, 0.1) is 5.82 Å². The van der Waals surface area contributed by atoms with Crippen molar-refractivity contribution < 1.29 is 41.7 Å². The zero-order valence-electron chi connectivity index (χ0n) is 16.8. The number of morpholine rings is 1. The highest BCUT2D eigenvalue weighted by Crippen LogP contribution is 2.15. The molecule has 9 nitrogen and oxygen atoms in total. The molecule has 1 aliphatic rings. The van der Waals surface area contributed by atoms with Crippen LogP contribution in [-0.2, 0) is 25.5 Å². The third-order valence-electron chi connectivity index (χ3n) is 4.04. The number of alkyl halides is 3. The number of aromatic nitrogens is 3. The van der Waals surface area contributed by atoms with Gasteiger partial charge in [-0.05, 0) is 23.8 Å². The summed E-state index contributed by atoms with van der Waals surface area (Å²) in [5, 5.41) is 18.5. The molecule has 32 heavy (non-hydrogen) atoms. The maximum atomic E-state index is 13.0. The Labute approximate surface area is 179 Å². The Morgan fingerprint density at radius 2 is 2.00 bits per heavy atom. The Morgan fingerprint density at radius 3 is 2.53 bits per heavy atom. The first-order chi connectivity index (χ1) is 15.1. The fraction of sp³-hybridized carbons (Fsp3) is 0.368. The Hall–Kier alpha value is -3.32. The number of hydrogen-bond acceptors (Lipinski definition) is 7. The van der Waals surface area contributed by atoms with Crippen LogP contribution < -0.4 is 5.32 Å². The molecule has 2 heterocycles. The molecule has 2 N–H and O–H groups in total. The minimum atomic E-state index is -5.08. The highest BCUT2D eigenvalue weighted by atomic mass is 19.4. The van der Waals surface area contributed by atoms with Gasteiger partial charge in [-0.2, -0.15) is 13.2 Å².